The third-order valence-electron chi connectivity index (χ3n) is 3.64. The largest absolute Gasteiger partial charge is 0.298 e. The van der Waals surface area contributed by atoms with Crippen molar-refractivity contribution in [2.45, 2.75) is 9.79 Å². The van der Waals surface area contributed by atoms with Crippen molar-refractivity contribution < 1.29 is 13.2 Å². The van der Waals surface area contributed by atoms with Gasteiger partial charge in [-0.3, -0.25) is 10.1 Å². The van der Waals surface area contributed by atoms with E-state index in [1.807, 2.05) is 35.9 Å². The van der Waals surface area contributed by atoms with E-state index in [4.69, 9.17) is 0 Å². The molecule has 0 radical (unpaired) electrons. The molecule has 0 atom stereocenters. The molecule has 0 aliphatic heterocycles. The van der Waals surface area contributed by atoms with Crippen molar-refractivity contribution >= 4 is 44.0 Å². The van der Waals surface area contributed by atoms with Gasteiger partial charge >= 0.3 is 0 Å². The van der Waals surface area contributed by atoms with Crippen LogP contribution in [0, 0.1) is 0 Å². The van der Waals surface area contributed by atoms with Gasteiger partial charge < -0.3 is 0 Å². The van der Waals surface area contributed by atoms with E-state index in [9.17, 15) is 13.2 Å². The monoisotopic (exact) mass is 404 g/mol. The van der Waals surface area contributed by atoms with Crippen molar-refractivity contribution in [3.8, 4) is 11.3 Å². The molecule has 0 spiro atoms. The van der Waals surface area contributed by atoms with Crippen LogP contribution in [0.3, 0.4) is 0 Å². The van der Waals surface area contributed by atoms with Crippen LogP contribution in [-0.2, 0) is 9.84 Å². The number of thioether (sulfide) groups is 1. The van der Waals surface area contributed by atoms with Crippen molar-refractivity contribution in [3.05, 3.63) is 59.5 Å². The summed E-state index contributed by atoms with van der Waals surface area (Å²) in [6, 6.07) is 14.1. The molecule has 8 heteroatoms. The highest BCUT2D eigenvalue weighted by atomic mass is 32.2. The normalized spacial score (nSPS) is 11.3. The van der Waals surface area contributed by atoms with Crippen LogP contribution in [-0.4, -0.2) is 31.8 Å². The van der Waals surface area contributed by atoms with Gasteiger partial charge in [-0.1, -0.05) is 24.3 Å². The molecular weight excluding hydrogens is 388 g/mol. The van der Waals surface area contributed by atoms with Gasteiger partial charge in [-0.05, 0) is 30.5 Å². The van der Waals surface area contributed by atoms with Crippen LogP contribution in [0.25, 0.3) is 11.3 Å². The van der Waals surface area contributed by atoms with E-state index in [-0.39, 0.29) is 10.5 Å². The smallest absolute Gasteiger partial charge is 0.258 e. The zero-order chi connectivity index (χ0) is 18.7. The molecule has 0 fully saturated rings. The number of thiazole rings is 1. The van der Waals surface area contributed by atoms with Gasteiger partial charge in [0.2, 0.25) is 0 Å². The van der Waals surface area contributed by atoms with E-state index in [0.29, 0.717) is 5.13 Å². The molecule has 134 valence electrons. The van der Waals surface area contributed by atoms with Gasteiger partial charge in [0.1, 0.15) is 0 Å². The molecule has 0 unspecified atom stereocenters. The summed E-state index contributed by atoms with van der Waals surface area (Å²) in [5.41, 5.74) is 1.82. The van der Waals surface area contributed by atoms with Crippen molar-refractivity contribution in [2.75, 3.05) is 17.8 Å². The average Bonchev–Trinajstić information content (AvgIpc) is 3.09. The lowest BCUT2D eigenvalue weighted by Gasteiger charge is -2.07. The Morgan fingerprint density at radius 2 is 1.81 bits per heavy atom. The Balaban J connectivity index is 1.82. The summed E-state index contributed by atoms with van der Waals surface area (Å²) >= 11 is 2.96. The molecule has 1 amide bonds. The Morgan fingerprint density at radius 1 is 1.12 bits per heavy atom. The molecule has 0 aliphatic carbocycles. The molecule has 1 N–H and O–H groups in total. The minimum absolute atomic E-state index is 0.00179. The fraction of sp³-hybridized carbons (Fsp3) is 0.111. The van der Waals surface area contributed by atoms with Gasteiger partial charge in [-0.2, -0.15) is 0 Å². The quantitative estimate of drug-likeness (QED) is 0.646. The number of sulfone groups is 1. The van der Waals surface area contributed by atoms with Gasteiger partial charge in [0.15, 0.2) is 15.0 Å². The number of amides is 1. The zero-order valence-electron chi connectivity index (χ0n) is 14.1. The van der Waals surface area contributed by atoms with Crippen molar-refractivity contribution in [1.29, 1.82) is 0 Å². The number of rotatable bonds is 5. The van der Waals surface area contributed by atoms with Gasteiger partial charge in [-0.25, -0.2) is 13.4 Å². The maximum atomic E-state index is 12.5. The predicted octanol–water partition coefficient (Wildman–Crippen LogP) is 4.19. The molecular formula is C18H16N2O3S3. The third-order valence-corrected chi connectivity index (χ3v) is 6.30. The van der Waals surface area contributed by atoms with Crippen LogP contribution >= 0.6 is 23.1 Å². The van der Waals surface area contributed by atoms with Crippen molar-refractivity contribution in [1.82, 2.24) is 4.98 Å². The van der Waals surface area contributed by atoms with Crippen molar-refractivity contribution in [2.24, 2.45) is 0 Å². The van der Waals surface area contributed by atoms with Crippen LogP contribution in [0.4, 0.5) is 5.13 Å². The predicted molar refractivity (Wildman–Crippen MR) is 107 cm³/mol. The second kappa shape index (κ2) is 7.61. The fourth-order valence-corrected chi connectivity index (χ4v) is 4.38. The van der Waals surface area contributed by atoms with Gasteiger partial charge in [0, 0.05) is 22.1 Å². The number of anilines is 1. The summed E-state index contributed by atoms with van der Waals surface area (Å²) < 4.78 is 23.7. The Hall–Kier alpha value is -2.16. The molecule has 5 nitrogen and oxygen atoms in total. The summed E-state index contributed by atoms with van der Waals surface area (Å²) in [6.07, 6.45) is 3.10. The Labute approximate surface area is 160 Å². The van der Waals surface area contributed by atoms with Crippen LogP contribution < -0.4 is 5.32 Å². The number of nitrogens with one attached hydrogen (secondary N) is 1. The molecule has 2 aromatic carbocycles. The van der Waals surface area contributed by atoms with E-state index in [1.54, 1.807) is 23.9 Å². The number of hydrogen-bond donors (Lipinski definition) is 1. The average molecular weight is 405 g/mol. The molecule has 3 rings (SSSR count). The zero-order valence-corrected chi connectivity index (χ0v) is 16.5. The van der Waals surface area contributed by atoms with Gasteiger partial charge in [0.05, 0.1) is 16.2 Å². The molecule has 0 aliphatic rings. The Bertz CT molecular complexity index is 1040. The lowest BCUT2D eigenvalue weighted by atomic mass is 10.2. The maximum absolute atomic E-state index is 12.5. The highest BCUT2D eigenvalue weighted by Crippen LogP contribution is 2.27. The van der Waals surface area contributed by atoms with E-state index in [1.165, 1.54) is 23.5 Å². The third kappa shape index (κ3) is 4.14. The maximum Gasteiger partial charge on any atom is 0.258 e. The lowest BCUT2D eigenvalue weighted by molar-refractivity contribution is 0.102. The first-order valence-electron chi connectivity index (χ1n) is 7.59. The number of aromatic nitrogens is 1. The van der Waals surface area contributed by atoms with E-state index < -0.39 is 15.7 Å². The highest BCUT2D eigenvalue weighted by Gasteiger charge is 2.19. The first kappa shape index (κ1) is 18.6. The SMILES string of the molecule is CSc1ccc(-c2csc(NC(=O)c3ccccc3S(C)(=O)=O)n2)cc1. The Morgan fingerprint density at radius 3 is 2.46 bits per heavy atom. The van der Waals surface area contributed by atoms with E-state index in [2.05, 4.69) is 10.3 Å². The number of benzene rings is 2. The second-order valence-corrected chi connectivity index (χ2v) is 9.21. The summed E-state index contributed by atoms with van der Waals surface area (Å²) in [5, 5.41) is 4.96. The lowest BCUT2D eigenvalue weighted by Crippen LogP contribution is -2.15. The van der Waals surface area contributed by atoms with Gasteiger partial charge in [0.25, 0.3) is 5.91 Å². The molecule has 3 aromatic rings. The van der Waals surface area contributed by atoms with Gasteiger partial charge in [-0.15, -0.1) is 23.1 Å². The van der Waals surface area contributed by atoms with Crippen LogP contribution in [0.15, 0.2) is 63.7 Å². The topological polar surface area (TPSA) is 76.1 Å². The number of nitrogens with zero attached hydrogens (tertiary/aromatic N) is 1. The first-order valence-corrected chi connectivity index (χ1v) is 11.6. The molecule has 0 saturated heterocycles. The summed E-state index contributed by atoms with van der Waals surface area (Å²) in [5.74, 6) is -0.496. The summed E-state index contributed by atoms with van der Waals surface area (Å²) in [6.45, 7) is 0. The van der Waals surface area contributed by atoms with Crippen molar-refractivity contribution in [3.63, 3.8) is 0 Å². The number of carbonyl (C=O) groups is 1. The minimum atomic E-state index is -3.50. The second-order valence-electron chi connectivity index (χ2n) is 5.49. The fourth-order valence-electron chi connectivity index (χ4n) is 2.37. The highest BCUT2D eigenvalue weighted by molar-refractivity contribution is 7.98. The number of carbonyl (C=O) groups excluding carboxylic acids is 1. The minimum Gasteiger partial charge on any atom is -0.298 e. The number of hydrogen-bond acceptors (Lipinski definition) is 6. The van der Waals surface area contributed by atoms with Crippen LogP contribution in [0.2, 0.25) is 0 Å². The first-order chi connectivity index (χ1) is 12.4. The summed E-state index contributed by atoms with van der Waals surface area (Å²) in [4.78, 5) is 18.1. The van der Waals surface area contributed by atoms with Crippen LogP contribution in [0.5, 0.6) is 0 Å². The molecule has 1 aromatic heterocycles. The molecule has 0 saturated carbocycles. The van der Waals surface area contributed by atoms with Crippen LogP contribution in [0.1, 0.15) is 10.4 Å². The molecule has 1 heterocycles. The van der Waals surface area contributed by atoms with E-state index >= 15 is 0 Å². The summed E-state index contributed by atoms with van der Waals surface area (Å²) in [7, 11) is -3.50. The Kier molecular flexibility index (Phi) is 5.45. The standard InChI is InChI=1S/C18H16N2O3S3/c1-24-13-9-7-12(8-10-13)15-11-25-18(19-15)20-17(21)14-5-3-4-6-16(14)26(2,22)23/h3-11H,1-2H3,(H,19,20,21). The molecule has 0 bridgehead atoms. The molecule has 26 heavy (non-hydrogen) atoms. The van der Waals surface area contributed by atoms with E-state index in [0.717, 1.165) is 22.4 Å².